The fourth-order valence-electron chi connectivity index (χ4n) is 1.97. The number of amides is 1. The van der Waals surface area contributed by atoms with E-state index in [0.29, 0.717) is 11.8 Å². The van der Waals surface area contributed by atoms with Crippen LogP contribution in [0, 0.1) is 5.92 Å². The van der Waals surface area contributed by atoms with Crippen molar-refractivity contribution in [2.45, 2.75) is 44.4 Å². The molecular formula is C11H20ClNO. The number of alkyl halides is 1. The van der Waals surface area contributed by atoms with E-state index in [-0.39, 0.29) is 5.38 Å². The van der Waals surface area contributed by atoms with E-state index in [1.807, 2.05) is 18.9 Å². The molecule has 0 spiro atoms. The number of hydrogen-bond donors (Lipinski definition) is 0. The highest BCUT2D eigenvalue weighted by Crippen LogP contribution is 2.26. The predicted octanol–water partition coefficient (Wildman–Crippen LogP) is 2.65. The summed E-state index contributed by atoms with van der Waals surface area (Å²) in [6.45, 7) is 2.76. The molecule has 82 valence electrons. The summed E-state index contributed by atoms with van der Waals surface area (Å²) in [4.78, 5) is 13.7. The summed E-state index contributed by atoms with van der Waals surface area (Å²) >= 11 is 5.85. The Bertz CT molecular complexity index is 188. The average molecular weight is 218 g/mol. The number of carbonyl (C=O) groups excluding carboxylic acids is 1. The quantitative estimate of drug-likeness (QED) is 0.663. The minimum absolute atomic E-state index is 0.161. The van der Waals surface area contributed by atoms with Gasteiger partial charge in [-0.2, -0.15) is 0 Å². The van der Waals surface area contributed by atoms with Gasteiger partial charge in [-0.25, -0.2) is 0 Å². The minimum Gasteiger partial charge on any atom is -0.345 e. The van der Waals surface area contributed by atoms with Crippen LogP contribution < -0.4 is 0 Å². The summed E-state index contributed by atoms with van der Waals surface area (Å²) in [6.07, 6.45) is 5.49. The van der Waals surface area contributed by atoms with Gasteiger partial charge in [-0.05, 0) is 26.2 Å². The van der Waals surface area contributed by atoms with Crippen LogP contribution in [0.2, 0.25) is 0 Å². The van der Waals surface area contributed by atoms with Crippen molar-refractivity contribution >= 4 is 17.5 Å². The largest absolute Gasteiger partial charge is 0.345 e. The molecule has 0 aromatic heterocycles. The van der Waals surface area contributed by atoms with Gasteiger partial charge in [0.1, 0.15) is 0 Å². The number of hydrogen-bond acceptors (Lipinski definition) is 1. The highest BCUT2D eigenvalue weighted by atomic mass is 35.5. The Balaban J connectivity index is 2.28. The lowest BCUT2D eigenvalue weighted by Gasteiger charge is -2.21. The highest BCUT2D eigenvalue weighted by Gasteiger charge is 2.25. The van der Waals surface area contributed by atoms with E-state index in [0.717, 1.165) is 25.8 Å². The zero-order chi connectivity index (χ0) is 10.6. The number of nitrogens with zero attached hydrogens (tertiary/aromatic N) is 1. The van der Waals surface area contributed by atoms with Gasteiger partial charge in [-0.1, -0.05) is 12.8 Å². The molecule has 1 aliphatic rings. The fraction of sp³-hybridized carbons (Fsp3) is 0.909. The third-order valence-corrected chi connectivity index (χ3v) is 3.16. The van der Waals surface area contributed by atoms with Crippen molar-refractivity contribution in [3.05, 3.63) is 0 Å². The Morgan fingerprint density at radius 2 is 2.07 bits per heavy atom. The molecule has 14 heavy (non-hydrogen) atoms. The molecule has 2 nitrogen and oxygen atoms in total. The second-order valence-electron chi connectivity index (χ2n) is 4.31. The normalized spacial score (nSPS) is 19.6. The summed E-state index contributed by atoms with van der Waals surface area (Å²) in [5.74, 6) is 0.616. The minimum atomic E-state index is 0.161. The zero-order valence-electron chi connectivity index (χ0n) is 9.13. The van der Waals surface area contributed by atoms with Gasteiger partial charge in [0.15, 0.2) is 0 Å². The van der Waals surface area contributed by atoms with Gasteiger partial charge in [0, 0.05) is 24.9 Å². The molecule has 1 aliphatic carbocycles. The Morgan fingerprint density at radius 3 is 2.57 bits per heavy atom. The van der Waals surface area contributed by atoms with Crippen LogP contribution in [0.5, 0.6) is 0 Å². The molecule has 1 unspecified atom stereocenters. The second-order valence-corrected chi connectivity index (χ2v) is 5.06. The summed E-state index contributed by atoms with van der Waals surface area (Å²) in [7, 11) is 1.89. The van der Waals surface area contributed by atoms with Crippen molar-refractivity contribution < 1.29 is 4.79 Å². The molecule has 3 heteroatoms. The first-order valence-electron chi connectivity index (χ1n) is 5.50. The first-order valence-corrected chi connectivity index (χ1v) is 5.94. The third-order valence-electron chi connectivity index (χ3n) is 2.94. The van der Waals surface area contributed by atoms with Crippen LogP contribution in [-0.2, 0) is 4.79 Å². The van der Waals surface area contributed by atoms with Crippen LogP contribution >= 0.6 is 11.6 Å². The van der Waals surface area contributed by atoms with Crippen molar-refractivity contribution in [1.29, 1.82) is 0 Å². The van der Waals surface area contributed by atoms with Crippen molar-refractivity contribution in [3.8, 4) is 0 Å². The fourth-order valence-corrected chi connectivity index (χ4v) is 2.06. The number of carbonyl (C=O) groups is 1. The van der Waals surface area contributed by atoms with Gasteiger partial charge in [-0.3, -0.25) is 4.79 Å². The Labute approximate surface area is 91.6 Å². The zero-order valence-corrected chi connectivity index (χ0v) is 9.89. The van der Waals surface area contributed by atoms with Gasteiger partial charge in [0.25, 0.3) is 0 Å². The molecule has 1 fully saturated rings. The SMILES string of the molecule is CC(Cl)CCN(C)C(=O)C1CCCC1. The van der Waals surface area contributed by atoms with E-state index >= 15 is 0 Å². The molecule has 1 atom stereocenters. The van der Waals surface area contributed by atoms with Gasteiger partial charge in [-0.15, -0.1) is 11.6 Å². The summed E-state index contributed by atoms with van der Waals surface area (Å²) < 4.78 is 0. The van der Waals surface area contributed by atoms with Gasteiger partial charge < -0.3 is 4.90 Å². The highest BCUT2D eigenvalue weighted by molar-refractivity contribution is 6.20. The van der Waals surface area contributed by atoms with E-state index in [1.54, 1.807) is 0 Å². The van der Waals surface area contributed by atoms with Crippen LogP contribution in [0.3, 0.4) is 0 Å². The molecule has 1 rings (SSSR count). The molecule has 0 aromatic carbocycles. The average Bonchev–Trinajstić information content (AvgIpc) is 2.65. The number of halogens is 1. The van der Waals surface area contributed by atoms with Crippen molar-refractivity contribution in [3.63, 3.8) is 0 Å². The topological polar surface area (TPSA) is 20.3 Å². The molecule has 0 bridgehead atoms. The summed E-state index contributed by atoms with van der Waals surface area (Å²) in [5, 5.41) is 0.161. The maximum Gasteiger partial charge on any atom is 0.225 e. The molecule has 0 radical (unpaired) electrons. The molecule has 1 amide bonds. The van der Waals surface area contributed by atoms with Gasteiger partial charge >= 0.3 is 0 Å². The summed E-state index contributed by atoms with van der Waals surface area (Å²) in [6, 6.07) is 0. The molecule has 0 aliphatic heterocycles. The predicted molar refractivity (Wildman–Crippen MR) is 59.5 cm³/mol. The van der Waals surface area contributed by atoms with Crippen LogP contribution in [0.15, 0.2) is 0 Å². The van der Waals surface area contributed by atoms with Gasteiger partial charge in [0.2, 0.25) is 5.91 Å². The van der Waals surface area contributed by atoms with E-state index in [4.69, 9.17) is 11.6 Å². The van der Waals surface area contributed by atoms with Crippen molar-refractivity contribution in [2.75, 3.05) is 13.6 Å². The van der Waals surface area contributed by atoms with Crippen LogP contribution in [-0.4, -0.2) is 29.8 Å². The molecule has 0 heterocycles. The first-order chi connectivity index (χ1) is 6.61. The lowest BCUT2D eigenvalue weighted by molar-refractivity contribution is -0.134. The van der Waals surface area contributed by atoms with Crippen molar-refractivity contribution in [2.24, 2.45) is 5.92 Å². The van der Waals surface area contributed by atoms with Gasteiger partial charge in [0.05, 0.1) is 0 Å². The summed E-state index contributed by atoms with van der Waals surface area (Å²) in [5.41, 5.74) is 0. The number of rotatable bonds is 4. The van der Waals surface area contributed by atoms with Crippen LogP contribution in [0.25, 0.3) is 0 Å². The first kappa shape index (κ1) is 11.8. The maximum atomic E-state index is 11.8. The smallest absolute Gasteiger partial charge is 0.225 e. The Morgan fingerprint density at radius 1 is 1.50 bits per heavy atom. The molecule has 0 saturated heterocycles. The maximum absolute atomic E-state index is 11.8. The van der Waals surface area contributed by atoms with E-state index < -0.39 is 0 Å². The standard InChI is InChI=1S/C11H20ClNO/c1-9(12)7-8-13(2)11(14)10-5-3-4-6-10/h9-10H,3-8H2,1-2H3. The van der Waals surface area contributed by atoms with Crippen LogP contribution in [0.1, 0.15) is 39.0 Å². The van der Waals surface area contributed by atoms with E-state index in [2.05, 4.69) is 0 Å². The molecule has 1 saturated carbocycles. The Kier molecular flexibility index (Phi) is 4.73. The lowest BCUT2D eigenvalue weighted by atomic mass is 10.1. The molecule has 0 N–H and O–H groups in total. The second kappa shape index (κ2) is 5.59. The van der Waals surface area contributed by atoms with Crippen LogP contribution in [0.4, 0.5) is 0 Å². The molecule has 0 aromatic rings. The Hall–Kier alpha value is -0.240. The monoisotopic (exact) mass is 217 g/mol. The van der Waals surface area contributed by atoms with Crippen molar-refractivity contribution in [1.82, 2.24) is 4.90 Å². The van der Waals surface area contributed by atoms with E-state index in [1.165, 1.54) is 12.8 Å². The van der Waals surface area contributed by atoms with E-state index in [9.17, 15) is 4.79 Å². The lowest BCUT2D eigenvalue weighted by Crippen LogP contribution is -2.33. The molecular weight excluding hydrogens is 198 g/mol. The third kappa shape index (κ3) is 3.49.